The van der Waals surface area contributed by atoms with Crippen LogP contribution in [0, 0.1) is 0 Å². The Labute approximate surface area is 138 Å². The number of ether oxygens (including phenoxy) is 1. The Bertz CT molecular complexity index is 567. The first-order valence-electron chi connectivity index (χ1n) is 5.87. The van der Waals surface area contributed by atoms with Gasteiger partial charge in [-0.25, -0.2) is 13.1 Å². The van der Waals surface area contributed by atoms with Gasteiger partial charge in [-0.3, -0.25) is 0 Å². The molecule has 0 aliphatic rings. The van der Waals surface area contributed by atoms with E-state index in [0.717, 1.165) is 0 Å². The Hall–Kier alpha value is 0.150. The van der Waals surface area contributed by atoms with Crippen LogP contribution in [0.1, 0.15) is 20.8 Å². The van der Waals surface area contributed by atoms with Crippen molar-refractivity contribution < 1.29 is 13.2 Å². The van der Waals surface area contributed by atoms with Crippen molar-refractivity contribution in [1.29, 1.82) is 0 Å². The molecule has 114 valence electrons. The molecule has 0 atom stereocenters. The summed E-state index contributed by atoms with van der Waals surface area (Å²) in [5.41, 5.74) is -0.615. The molecule has 0 radical (unpaired) electrons. The predicted octanol–water partition coefficient (Wildman–Crippen LogP) is 3.85. The van der Waals surface area contributed by atoms with Gasteiger partial charge in [0.05, 0.1) is 15.6 Å². The minimum Gasteiger partial charge on any atom is -0.375 e. The molecule has 1 aromatic carbocycles. The lowest BCUT2D eigenvalue weighted by Crippen LogP contribution is -2.40. The predicted molar refractivity (Wildman–Crippen MR) is 85.1 cm³/mol. The zero-order valence-electron chi connectivity index (χ0n) is 11.3. The first-order chi connectivity index (χ1) is 9.09. The zero-order chi connectivity index (χ0) is 15.6. The second-order valence-corrected chi connectivity index (χ2v) is 8.15. The van der Waals surface area contributed by atoms with E-state index in [9.17, 15) is 8.42 Å². The summed E-state index contributed by atoms with van der Waals surface area (Å²) in [6.45, 7) is 6.05. The number of nitrogens with one attached hydrogen (secondary N) is 1. The zero-order valence-corrected chi connectivity index (χ0v) is 15.3. The van der Waals surface area contributed by atoms with Gasteiger partial charge in [0.1, 0.15) is 4.90 Å². The summed E-state index contributed by atoms with van der Waals surface area (Å²) in [7, 11) is -3.80. The van der Waals surface area contributed by atoms with Gasteiger partial charge in [0.2, 0.25) is 10.0 Å². The molecular formula is C12H16BrCl2NO3S. The van der Waals surface area contributed by atoms with Crippen LogP contribution < -0.4 is 4.72 Å². The number of rotatable bonds is 6. The van der Waals surface area contributed by atoms with E-state index in [-0.39, 0.29) is 21.5 Å². The van der Waals surface area contributed by atoms with Crippen molar-refractivity contribution in [2.75, 3.05) is 13.2 Å². The average Bonchev–Trinajstić information content (AvgIpc) is 2.24. The first kappa shape index (κ1) is 18.2. The monoisotopic (exact) mass is 403 g/mol. The maximum absolute atomic E-state index is 12.3. The normalized spacial score (nSPS) is 12.7. The lowest BCUT2D eigenvalue weighted by atomic mass is 10.1. The van der Waals surface area contributed by atoms with Crippen molar-refractivity contribution in [3.05, 3.63) is 26.7 Å². The highest BCUT2D eigenvalue weighted by Crippen LogP contribution is 2.32. The smallest absolute Gasteiger partial charge is 0.243 e. The molecule has 1 aromatic rings. The van der Waals surface area contributed by atoms with Crippen LogP contribution >= 0.6 is 39.1 Å². The molecule has 0 aliphatic heterocycles. The van der Waals surface area contributed by atoms with Crippen LogP contribution in [0.5, 0.6) is 0 Å². The highest BCUT2D eigenvalue weighted by Gasteiger charge is 2.26. The fraction of sp³-hybridized carbons (Fsp3) is 0.500. The second-order valence-electron chi connectivity index (χ2n) is 4.72. The van der Waals surface area contributed by atoms with E-state index < -0.39 is 15.6 Å². The molecule has 1 N–H and O–H groups in total. The van der Waals surface area contributed by atoms with E-state index in [1.54, 1.807) is 13.8 Å². The molecule has 0 aromatic heterocycles. The van der Waals surface area contributed by atoms with Gasteiger partial charge in [-0.1, -0.05) is 39.1 Å². The van der Waals surface area contributed by atoms with Gasteiger partial charge < -0.3 is 4.74 Å². The topological polar surface area (TPSA) is 55.4 Å². The van der Waals surface area contributed by atoms with Gasteiger partial charge in [0.15, 0.2) is 0 Å². The molecule has 0 heterocycles. The van der Waals surface area contributed by atoms with Crippen LogP contribution in [0.4, 0.5) is 0 Å². The maximum Gasteiger partial charge on any atom is 0.243 e. The Morgan fingerprint density at radius 3 is 2.25 bits per heavy atom. The molecule has 0 bridgehead atoms. The summed E-state index contributed by atoms with van der Waals surface area (Å²) >= 11 is 15.1. The lowest BCUT2D eigenvalue weighted by molar-refractivity contribution is -0.00515. The number of sulfonamides is 1. The quantitative estimate of drug-likeness (QED) is 0.783. The van der Waals surface area contributed by atoms with Crippen LogP contribution in [-0.2, 0) is 14.8 Å². The molecule has 0 unspecified atom stereocenters. The van der Waals surface area contributed by atoms with Gasteiger partial charge >= 0.3 is 0 Å². The van der Waals surface area contributed by atoms with Crippen LogP contribution in [0.25, 0.3) is 0 Å². The fourth-order valence-electron chi connectivity index (χ4n) is 1.57. The number of benzene rings is 1. The molecule has 0 aliphatic carbocycles. The minimum atomic E-state index is -3.80. The molecule has 4 nitrogen and oxygen atoms in total. The molecular weight excluding hydrogens is 389 g/mol. The van der Waals surface area contributed by atoms with E-state index in [1.807, 2.05) is 6.92 Å². The minimum absolute atomic E-state index is 0.0612. The summed E-state index contributed by atoms with van der Waals surface area (Å²) < 4.78 is 33.1. The highest BCUT2D eigenvalue weighted by atomic mass is 79.9. The number of hydrogen-bond donors (Lipinski definition) is 1. The third-order valence-corrected chi connectivity index (χ3v) is 5.23. The lowest BCUT2D eigenvalue weighted by Gasteiger charge is -2.25. The SMILES string of the molecule is CCOC(C)(C)CNS(=O)(=O)c1c(Cl)cc(Br)cc1Cl. The molecule has 0 saturated heterocycles. The van der Waals surface area contributed by atoms with Crippen LogP contribution in [0.3, 0.4) is 0 Å². The van der Waals surface area contributed by atoms with Crippen molar-refractivity contribution in [1.82, 2.24) is 4.72 Å². The molecule has 1 rings (SSSR count). The van der Waals surface area contributed by atoms with E-state index in [4.69, 9.17) is 27.9 Å². The second kappa shape index (κ2) is 6.94. The largest absolute Gasteiger partial charge is 0.375 e. The van der Waals surface area contributed by atoms with Crippen LogP contribution in [0.15, 0.2) is 21.5 Å². The van der Waals surface area contributed by atoms with Crippen LogP contribution in [-0.4, -0.2) is 27.2 Å². The third-order valence-electron chi connectivity index (χ3n) is 2.45. The third kappa shape index (κ3) is 4.86. The molecule has 0 fully saturated rings. The van der Waals surface area contributed by atoms with Crippen molar-refractivity contribution in [3.63, 3.8) is 0 Å². The summed E-state index contributed by atoms with van der Waals surface area (Å²) in [5.74, 6) is 0. The summed E-state index contributed by atoms with van der Waals surface area (Å²) in [4.78, 5) is -0.128. The average molecular weight is 405 g/mol. The van der Waals surface area contributed by atoms with E-state index in [0.29, 0.717) is 11.1 Å². The number of hydrogen-bond acceptors (Lipinski definition) is 3. The van der Waals surface area contributed by atoms with E-state index >= 15 is 0 Å². The molecule has 8 heteroatoms. The summed E-state index contributed by atoms with van der Waals surface area (Å²) in [6.07, 6.45) is 0. The Balaban J connectivity index is 3.01. The maximum atomic E-state index is 12.3. The van der Waals surface area contributed by atoms with E-state index in [1.165, 1.54) is 12.1 Å². The van der Waals surface area contributed by atoms with Crippen molar-refractivity contribution in [2.45, 2.75) is 31.3 Å². The van der Waals surface area contributed by atoms with Crippen molar-refractivity contribution >= 4 is 49.2 Å². The van der Waals surface area contributed by atoms with Gasteiger partial charge in [0, 0.05) is 17.6 Å². The highest BCUT2D eigenvalue weighted by molar-refractivity contribution is 9.10. The summed E-state index contributed by atoms with van der Waals surface area (Å²) in [6, 6.07) is 2.96. The molecule has 0 spiro atoms. The van der Waals surface area contributed by atoms with Gasteiger partial charge in [-0.2, -0.15) is 0 Å². The Morgan fingerprint density at radius 2 is 1.80 bits per heavy atom. The standard InChI is InChI=1S/C12H16BrCl2NO3S/c1-4-19-12(2,3)7-16-20(17,18)11-9(14)5-8(13)6-10(11)15/h5-6,16H,4,7H2,1-3H3. The molecule has 0 saturated carbocycles. The van der Waals surface area contributed by atoms with Gasteiger partial charge in [-0.15, -0.1) is 0 Å². The van der Waals surface area contributed by atoms with Gasteiger partial charge in [-0.05, 0) is 32.9 Å². The Morgan fingerprint density at radius 1 is 1.30 bits per heavy atom. The van der Waals surface area contributed by atoms with E-state index in [2.05, 4.69) is 20.7 Å². The van der Waals surface area contributed by atoms with Crippen molar-refractivity contribution in [2.24, 2.45) is 0 Å². The van der Waals surface area contributed by atoms with Gasteiger partial charge in [0.25, 0.3) is 0 Å². The first-order valence-corrected chi connectivity index (χ1v) is 8.90. The number of halogens is 3. The van der Waals surface area contributed by atoms with Crippen LogP contribution in [0.2, 0.25) is 10.0 Å². The Kier molecular flexibility index (Phi) is 6.32. The van der Waals surface area contributed by atoms with Crippen molar-refractivity contribution in [3.8, 4) is 0 Å². The fourth-order valence-corrected chi connectivity index (χ4v) is 4.70. The molecule has 20 heavy (non-hydrogen) atoms. The molecule has 0 amide bonds. The summed E-state index contributed by atoms with van der Waals surface area (Å²) in [5, 5.41) is 0.122.